The summed E-state index contributed by atoms with van der Waals surface area (Å²) in [6.07, 6.45) is 2.50. The largest absolute Gasteiger partial charge is 0.343 e. The minimum atomic E-state index is 0.0675. The van der Waals surface area contributed by atoms with Crippen molar-refractivity contribution in [3.63, 3.8) is 0 Å². The van der Waals surface area contributed by atoms with E-state index in [0.717, 1.165) is 39.0 Å². The van der Waals surface area contributed by atoms with Crippen molar-refractivity contribution in [3.8, 4) is 0 Å². The first-order valence-electron chi connectivity index (χ1n) is 12.3. The number of amides is 1. The van der Waals surface area contributed by atoms with Gasteiger partial charge in [0.2, 0.25) is 5.91 Å². The highest BCUT2D eigenvalue weighted by atomic mass is 16.2. The summed E-state index contributed by atoms with van der Waals surface area (Å²) in [5.74, 6) is 0.319. The molecule has 0 saturated heterocycles. The molecule has 33 heavy (non-hydrogen) atoms. The van der Waals surface area contributed by atoms with Crippen molar-refractivity contribution >= 4 is 5.91 Å². The molecule has 0 aliphatic carbocycles. The molecule has 0 aliphatic heterocycles. The molecule has 1 amide bonds. The monoisotopic (exact) mass is 451 g/mol. The lowest BCUT2D eigenvalue weighted by Gasteiger charge is -2.27. The fourth-order valence-corrected chi connectivity index (χ4v) is 4.15. The van der Waals surface area contributed by atoms with Gasteiger partial charge in [-0.3, -0.25) is 4.79 Å². The van der Waals surface area contributed by atoms with Crippen molar-refractivity contribution in [3.05, 3.63) is 71.3 Å². The Morgan fingerprint density at radius 2 is 1.21 bits per heavy atom. The lowest BCUT2D eigenvalue weighted by Crippen LogP contribution is -2.36. The van der Waals surface area contributed by atoms with Crippen LogP contribution in [0.4, 0.5) is 0 Å². The molecule has 0 heterocycles. The topological polar surface area (TPSA) is 26.8 Å². The van der Waals surface area contributed by atoms with Gasteiger partial charge < -0.3 is 14.7 Å². The molecule has 0 fully saturated rings. The lowest BCUT2D eigenvalue weighted by molar-refractivity contribution is -0.131. The Kier molecular flexibility index (Phi) is 10.6. The Balaban J connectivity index is 2.23. The Labute approximate surface area is 202 Å². The van der Waals surface area contributed by atoms with Crippen LogP contribution in [0, 0.1) is 0 Å². The van der Waals surface area contributed by atoms with Crippen LogP contribution in [0.1, 0.15) is 62.6 Å². The molecule has 1 unspecified atom stereocenters. The molecule has 0 aromatic heterocycles. The van der Waals surface area contributed by atoms with Crippen LogP contribution in [0.25, 0.3) is 0 Å². The van der Waals surface area contributed by atoms with E-state index in [-0.39, 0.29) is 17.2 Å². The smallest absolute Gasteiger partial charge is 0.223 e. The summed E-state index contributed by atoms with van der Waals surface area (Å²) in [6.45, 7) is 10.3. The van der Waals surface area contributed by atoms with E-state index in [1.54, 1.807) is 0 Å². The van der Waals surface area contributed by atoms with E-state index < -0.39 is 0 Å². The first kappa shape index (κ1) is 27.1. The van der Waals surface area contributed by atoms with E-state index >= 15 is 0 Å². The fraction of sp³-hybridized carbons (Fsp3) is 0.552. The maximum atomic E-state index is 13.6. The van der Waals surface area contributed by atoms with Crippen LogP contribution < -0.4 is 0 Å². The zero-order valence-corrected chi connectivity index (χ0v) is 22.0. The molecule has 0 aliphatic rings. The van der Waals surface area contributed by atoms with Gasteiger partial charge in [-0.2, -0.15) is 0 Å². The van der Waals surface area contributed by atoms with Crippen LogP contribution in [0.5, 0.6) is 0 Å². The van der Waals surface area contributed by atoms with Crippen LogP contribution in [0.15, 0.2) is 54.6 Å². The van der Waals surface area contributed by atoms with Crippen LogP contribution in [-0.2, 0) is 10.2 Å². The molecule has 182 valence electrons. The first-order valence-corrected chi connectivity index (χ1v) is 12.3. The van der Waals surface area contributed by atoms with E-state index in [1.165, 1.54) is 16.7 Å². The predicted octanol–water partition coefficient (Wildman–Crippen LogP) is 5.24. The normalized spacial score (nSPS) is 12.9. The summed E-state index contributed by atoms with van der Waals surface area (Å²) in [4.78, 5) is 20.0. The quantitative estimate of drug-likeness (QED) is 0.442. The second kappa shape index (κ2) is 12.9. The highest BCUT2D eigenvalue weighted by molar-refractivity contribution is 5.77. The number of rotatable bonds is 12. The third kappa shape index (κ3) is 9.30. The second-order valence-electron chi connectivity index (χ2n) is 10.7. The minimum Gasteiger partial charge on any atom is -0.343 e. The van der Waals surface area contributed by atoms with Gasteiger partial charge in [-0.1, -0.05) is 75.4 Å². The van der Waals surface area contributed by atoms with E-state index in [2.05, 4.69) is 112 Å². The number of hydrogen-bond acceptors (Lipinski definition) is 3. The number of nitrogens with zero attached hydrogens (tertiary/aromatic N) is 3. The minimum absolute atomic E-state index is 0.0675. The molecule has 2 aromatic carbocycles. The van der Waals surface area contributed by atoms with Crippen molar-refractivity contribution < 1.29 is 4.79 Å². The highest BCUT2D eigenvalue weighted by Crippen LogP contribution is 2.31. The van der Waals surface area contributed by atoms with Gasteiger partial charge >= 0.3 is 0 Å². The average molecular weight is 452 g/mol. The van der Waals surface area contributed by atoms with Crippen molar-refractivity contribution in [2.45, 2.75) is 51.4 Å². The summed E-state index contributed by atoms with van der Waals surface area (Å²) in [7, 11) is 8.35. The third-order valence-electron chi connectivity index (χ3n) is 6.18. The number of hydrogen-bond donors (Lipinski definition) is 0. The van der Waals surface area contributed by atoms with Crippen molar-refractivity contribution in [2.75, 3.05) is 54.4 Å². The first-order chi connectivity index (χ1) is 15.6. The van der Waals surface area contributed by atoms with Crippen LogP contribution in [0.2, 0.25) is 0 Å². The molecule has 0 radical (unpaired) electrons. The number of carbonyl (C=O) groups excluding carboxylic acids is 1. The van der Waals surface area contributed by atoms with Crippen LogP contribution in [0.3, 0.4) is 0 Å². The molecule has 2 rings (SSSR count). The summed E-state index contributed by atoms with van der Waals surface area (Å²) in [6, 6.07) is 19.4. The van der Waals surface area contributed by atoms with E-state index in [4.69, 9.17) is 0 Å². The predicted molar refractivity (Wildman–Crippen MR) is 141 cm³/mol. The molecule has 1 atom stereocenters. The molecule has 2 aromatic rings. The second-order valence-corrected chi connectivity index (χ2v) is 10.7. The van der Waals surface area contributed by atoms with Gasteiger partial charge in [0.25, 0.3) is 0 Å². The Bertz CT molecular complexity index is 808. The Morgan fingerprint density at radius 3 is 1.67 bits per heavy atom. The molecule has 0 saturated carbocycles. The molecule has 4 nitrogen and oxygen atoms in total. The zero-order chi connectivity index (χ0) is 24.4. The van der Waals surface area contributed by atoms with E-state index in [1.807, 2.05) is 6.07 Å². The lowest BCUT2D eigenvalue weighted by atomic mass is 9.83. The SMILES string of the molecule is CN(C)CCCN(CCCN(C)C)C(=O)CC(c1ccccc1)c1ccc(C(C)(C)C)cc1. The number of benzene rings is 2. The summed E-state index contributed by atoms with van der Waals surface area (Å²) in [5, 5.41) is 0. The van der Waals surface area contributed by atoms with Gasteiger partial charge in [0.1, 0.15) is 0 Å². The van der Waals surface area contributed by atoms with E-state index in [9.17, 15) is 4.79 Å². The average Bonchev–Trinajstić information content (AvgIpc) is 2.76. The standard InChI is InChI=1S/C29H45N3O/c1-29(2,3)26-17-15-25(16-18-26)27(24-13-9-8-10-14-24)23-28(33)32(21-11-19-30(4)5)22-12-20-31(6)7/h8-10,13-18,27H,11-12,19-23H2,1-7H3. The molecular weight excluding hydrogens is 406 g/mol. The van der Waals surface area contributed by atoms with E-state index in [0.29, 0.717) is 6.42 Å². The highest BCUT2D eigenvalue weighted by Gasteiger charge is 2.23. The number of carbonyl (C=O) groups is 1. The molecular formula is C29H45N3O. The van der Waals surface area contributed by atoms with Gasteiger partial charge in [0, 0.05) is 25.4 Å². The molecule has 0 bridgehead atoms. The van der Waals surface area contributed by atoms with Crippen molar-refractivity contribution in [1.82, 2.24) is 14.7 Å². The Hall–Kier alpha value is -2.17. The maximum absolute atomic E-state index is 13.6. The van der Waals surface area contributed by atoms with Crippen molar-refractivity contribution in [2.24, 2.45) is 0 Å². The summed E-state index contributed by atoms with van der Waals surface area (Å²) < 4.78 is 0. The zero-order valence-electron chi connectivity index (χ0n) is 22.0. The third-order valence-corrected chi connectivity index (χ3v) is 6.18. The summed E-state index contributed by atoms with van der Waals surface area (Å²) >= 11 is 0. The van der Waals surface area contributed by atoms with Gasteiger partial charge in [-0.05, 0) is 76.2 Å². The Morgan fingerprint density at radius 1 is 0.727 bits per heavy atom. The van der Waals surface area contributed by atoms with Crippen molar-refractivity contribution in [1.29, 1.82) is 0 Å². The van der Waals surface area contributed by atoms with Crippen LogP contribution in [-0.4, -0.2) is 75.0 Å². The maximum Gasteiger partial charge on any atom is 0.223 e. The van der Waals surface area contributed by atoms with Gasteiger partial charge in [-0.15, -0.1) is 0 Å². The fourth-order valence-electron chi connectivity index (χ4n) is 4.15. The summed E-state index contributed by atoms with van der Waals surface area (Å²) in [5.41, 5.74) is 3.85. The van der Waals surface area contributed by atoms with Gasteiger partial charge in [0.15, 0.2) is 0 Å². The molecule has 4 heteroatoms. The van der Waals surface area contributed by atoms with Gasteiger partial charge in [0.05, 0.1) is 0 Å². The molecule has 0 spiro atoms. The van der Waals surface area contributed by atoms with Crippen LogP contribution >= 0.6 is 0 Å². The molecule has 0 N–H and O–H groups in total. The van der Waals surface area contributed by atoms with Gasteiger partial charge in [-0.25, -0.2) is 0 Å².